The van der Waals surface area contributed by atoms with Gasteiger partial charge in [0.1, 0.15) is 0 Å². The number of quaternary nitrogens is 5. The molecule has 242 valence electrons. The molecule has 0 aromatic heterocycles. The summed E-state index contributed by atoms with van der Waals surface area (Å²) < 4.78 is 0. The summed E-state index contributed by atoms with van der Waals surface area (Å²) >= 11 is 0. The first-order valence-corrected chi connectivity index (χ1v) is 17.2. The van der Waals surface area contributed by atoms with Crippen molar-refractivity contribution in [1.29, 1.82) is 0 Å². The Hall–Kier alpha value is -1.79. The highest BCUT2D eigenvalue weighted by atomic mass is 16.2. The predicted molar refractivity (Wildman–Crippen MR) is 161 cm³/mol. The molecule has 4 rings (SSSR count). The first-order chi connectivity index (χ1) is 20.3. The molecule has 42 heavy (non-hydrogen) atoms. The Bertz CT molecular complexity index is 800. The summed E-state index contributed by atoms with van der Waals surface area (Å²) in [6.07, 6.45) is 15.0. The Morgan fingerprint density at radius 2 is 1.14 bits per heavy atom. The molecule has 0 aliphatic heterocycles. The van der Waals surface area contributed by atoms with E-state index in [0.29, 0.717) is 37.5 Å². The second-order valence-corrected chi connectivity index (χ2v) is 13.7. The molecular weight excluding hydrogens is 532 g/mol. The van der Waals surface area contributed by atoms with Crippen LogP contribution in [0.3, 0.4) is 0 Å². The third-order valence-corrected chi connectivity index (χ3v) is 10.1. The van der Waals surface area contributed by atoms with E-state index in [1.807, 2.05) is 0 Å². The van der Waals surface area contributed by atoms with Gasteiger partial charge in [-0.05, 0) is 87.9 Å². The molecule has 4 fully saturated rings. The number of hydrogen-bond donors (Lipinski definition) is 8. The van der Waals surface area contributed by atoms with Gasteiger partial charge in [-0.3, -0.25) is 14.4 Å². The van der Waals surface area contributed by atoms with Gasteiger partial charge >= 0.3 is 0 Å². The van der Waals surface area contributed by atoms with E-state index in [4.69, 9.17) is 0 Å². The molecule has 11 heteroatoms. The average Bonchev–Trinajstić information content (AvgIpc) is 2.96. The minimum absolute atomic E-state index is 0.0112. The number of carbonyl (C=O) groups excluding carboxylic acids is 3. The molecule has 4 aliphatic carbocycles. The van der Waals surface area contributed by atoms with Crippen molar-refractivity contribution in [2.45, 2.75) is 108 Å². The Morgan fingerprint density at radius 3 is 1.64 bits per heavy atom. The van der Waals surface area contributed by atoms with Crippen molar-refractivity contribution >= 4 is 17.7 Å². The second-order valence-electron chi connectivity index (χ2n) is 13.7. The van der Waals surface area contributed by atoms with Crippen molar-refractivity contribution in [2.24, 2.45) is 23.7 Å². The SMILES string of the molecule is [NH3+]CCCCC[C@H]([NH3+])C(=O)NCCC[NH+](CCCNC(=O)[C@@H]([NH3+])CCCC[NH3+])CC(=O)NC1C2CC3CC(C2)CC1C3. The second kappa shape index (κ2) is 18.8. The first-order valence-electron chi connectivity index (χ1n) is 17.2. The number of unbranched alkanes of at least 4 members (excludes halogenated alkanes) is 3. The van der Waals surface area contributed by atoms with Gasteiger partial charge in [-0.25, -0.2) is 0 Å². The molecule has 11 nitrogen and oxygen atoms in total. The Labute approximate surface area is 253 Å². The lowest BCUT2D eigenvalue weighted by Gasteiger charge is -2.54. The van der Waals surface area contributed by atoms with Gasteiger partial charge in [-0.1, -0.05) is 0 Å². The molecular formula is C31H65N8O3+5. The summed E-state index contributed by atoms with van der Waals surface area (Å²) in [6.45, 7) is 5.06. The zero-order valence-corrected chi connectivity index (χ0v) is 26.4. The standard InChI is InChI=1S/C31H60N8O3/c32-10-4-1-2-8-26(34)30(41)36-12-6-14-39(15-7-13-37-31(42)27(35)9-3-5-11-33)21-28(40)38-29-24-17-22-16-23(19-24)20-25(29)18-22/h22-27,29H,1-21,32-35H2,(H,36,41)(H,37,42)(H,38,40)/p+5/t22?,23?,24?,25?,26-,27-,29?/m0/s1. The summed E-state index contributed by atoms with van der Waals surface area (Å²) in [7, 11) is 0. The molecule has 4 aliphatic rings. The number of rotatable bonds is 22. The van der Waals surface area contributed by atoms with Crippen LogP contribution in [0.25, 0.3) is 0 Å². The summed E-state index contributed by atoms with van der Waals surface area (Å²) in [5, 5.41) is 9.56. The van der Waals surface area contributed by atoms with Crippen LogP contribution >= 0.6 is 0 Å². The lowest BCUT2D eigenvalue weighted by molar-refractivity contribution is -0.892. The van der Waals surface area contributed by atoms with E-state index in [0.717, 1.165) is 95.8 Å². The van der Waals surface area contributed by atoms with Crippen LogP contribution in [0.4, 0.5) is 0 Å². The van der Waals surface area contributed by atoms with Crippen LogP contribution in [0.1, 0.15) is 89.9 Å². The van der Waals surface area contributed by atoms with Crippen LogP contribution in [0, 0.1) is 23.7 Å². The largest absolute Gasteiger partial charge is 0.358 e. The van der Waals surface area contributed by atoms with E-state index in [2.05, 4.69) is 38.9 Å². The van der Waals surface area contributed by atoms with Crippen molar-refractivity contribution in [3.63, 3.8) is 0 Å². The predicted octanol–water partition coefficient (Wildman–Crippen LogP) is -3.74. The molecule has 0 heterocycles. The number of amides is 3. The van der Waals surface area contributed by atoms with E-state index < -0.39 is 0 Å². The minimum Gasteiger partial charge on any atom is -0.358 e. The van der Waals surface area contributed by atoms with Crippen molar-refractivity contribution in [1.82, 2.24) is 16.0 Å². The Balaban J connectivity index is 1.41. The maximum Gasteiger partial charge on any atom is 0.278 e. The van der Waals surface area contributed by atoms with Crippen molar-refractivity contribution < 1.29 is 42.2 Å². The lowest BCUT2D eigenvalue weighted by Crippen LogP contribution is -3.13. The van der Waals surface area contributed by atoms with Crippen LogP contribution in [-0.2, 0) is 14.4 Å². The quantitative estimate of drug-likeness (QED) is 0.0594. The van der Waals surface area contributed by atoms with Gasteiger partial charge in [-0.2, -0.15) is 0 Å². The van der Waals surface area contributed by atoms with Gasteiger partial charge < -0.3 is 43.8 Å². The van der Waals surface area contributed by atoms with E-state index in [1.165, 1.54) is 37.0 Å². The Kier molecular flexibility index (Phi) is 15.5. The van der Waals surface area contributed by atoms with E-state index in [-0.39, 0.29) is 29.8 Å². The molecule has 0 saturated heterocycles. The molecule has 0 radical (unpaired) electrons. The van der Waals surface area contributed by atoms with Gasteiger partial charge in [-0.15, -0.1) is 0 Å². The minimum atomic E-state index is -0.226. The number of nitrogens with one attached hydrogen (secondary N) is 4. The highest BCUT2D eigenvalue weighted by molar-refractivity contribution is 5.80. The van der Waals surface area contributed by atoms with Gasteiger partial charge in [0.25, 0.3) is 17.7 Å². The summed E-state index contributed by atoms with van der Waals surface area (Å²) in [6, 6.07) is -0.0924. The fourth-order valence-corrected chi connectivity index (χ4v) is 7.89. The Morgan fingerprint density at radius 1 is 0.667 bits per heavy atom. The van der Waals surface area contributed by atoms with Crippen LogP contribution in [-0.4, -0.2) is 81.7 Å². The van der Waals surface area contributed by atoms with Crippen molar-refractivity contribution in [2.75, 3.05) is 45.8 Å². The van der Waals surface area contributed by atoms with Gasteiger partial charge in [0.2, 0.25) is 0 Å². The van der Waals surface area contributed by atoms with Gasteiger partial charge in [0.05, 0.1) is 26.2 Å². The van der Waals surface area contributed by atoms with Crippen molar-refractivity contribution in [3.05, 3.63) is 0 Å². The van der Waals surface area contributed by atoms with E-state index >= 15 is 0 Å². The fourth-order valence-electron chi connectivity index (χ4n) is 7.89. The normalized spacial score (nSPS) is 26.4. The summed E-state index contributed by atoms with van der Waals surface area (Å²) in [4.78, 5) is 39.4. The molecule has 4 bridgehead atoms. The molecule has 3 amide bonds. The number of hydrogen-bond acceptors (Lipinski definition) is 3. The average molecular weight is 598 g/mol. The maximum absolute atomic E-state index is 13.3. The maximum atomic E-state index is 13.3. The molecule has 3 atom stereocenters. The number of carbonyl (C=O) groups is 3. The van der Waals surface area contributed by atoms with Crippen molar-refractivity contribution in [3.8, 4) is 0 Å². The third-order valence-electron chi connectivity index (χ3n) is 10.1. The first kappa shape index (κ1) is 34.7. The lowest BCUT2D eigenvalue weighted by atomic mass is 9.54. The summed E-state index contributed by atoms with van der Waals surface area (Å²) in [5.41, 5.74) is 15.8. The van der Waals surface area contributed by atoms with Gasteiger partial charge in [0.15, 0.2) is 18.6 Å². The molecule has 4 saturated carbocycles. The molecule has 1 unspecified atom stereocenters. The highest BCUT2D eigenvalue weighted by Gasteiger charge is 2.48. The molecule has 16 N–H and O–H groups in total. The van der Waals surface area contributed by atoms with Crippen LogP contribution in [0.15, 0.2) is 0 Å². The zero-order valence-electron chi connectivity index (χ0n) is 26.4. The zero-order chi connectivity index (χ0) is 30.3. The highest BCUT2D eigenvalue weighted by Crippen LogP contribution is 2.53. The van der Waals surface area contributed by atoms with Crippen LogP contribution < -0.4 is 43.8 Å². The van der Waals surface area contributed by atoms with Crippen LogP contribution in [0.2, 0.25) is 0 Å². The van der Waals surface area contributed by atoms with E-state index in [1.54, 1.807) is 0 Å². The summed E-state index contributed by atoms with van der Waals surface area (Å²) in [5.74, 6) is 3.29. The third kappa shape index (κ3) is 11.7. The van der Waals surface area contributed by atoms with Gasteiger partial charge in [0, 0.05) is 44.8 Å². The molecule has 0 aromatic carbocycles. The van der Waals surface area contributed by atoms with E-state index in [9.17, 15) is 14.4 Å². The molecule has 0 aromatic rings. The smallest absolute Gasteiger partial charge is 0.278 e. The topological polar surface area (TPSA) is 202 Å². The van der Waals surface area contributed by atoms with Crippen LogP contribution in [0.5, 0.6) is 0 Å². The fraction of sp³-hybridized carbons (Fsp3) is 0.903. The molecule has 0 spiro atoms. The monoisotopic (exact) mass is 598 g/mol.